The predicted octanol–water partition coefficient (Wildman–Crippen LogP) is 5.68. The first-order valence-corrected chi connectivity index (χ1v) is 18.8. The lowest BCUT2D eigenvalue weighted by Gasteiger charge is -2.39. The fourth-order valence-electron chi connectivity index (χ4n) is 7.28. The van der Waals surface area contributed by atoms with E-state index in [9.17, 15) is 10.1 Å². The van der Waals surface area contributed by atoms with Crippen LogP contribution in [0.25, 0.3) is 5.69 Å². The molecule has 0 amide bonds. The minimum absolute atomic E-state index is 0.0955. The van der Waals surface area contributed by atoms with E-state index in [1.165, 1.54) is 0 Å². The van der Waals surface area contributed by atoms with Gasteiger partial charge in [-0.15, -0.1) is 0 Å². The fraction of sp³-hybridized carbons (Fsp3) is 0.447. The highest BCUT2D eigenvalue weighted by Gasteiger charge is 2.47. The summed E-state index contributed by atoms with van der Waals surface area (Å²) in [6.07, 6.45) is 10.1. The van der Waals surface area contributed by atoms with Gasteiger partial charge in [0, 0.05) is 41.9 Å². The van der Waals surface area contributed by atoms with Crippen molar-refractivity contribution in [2.75, 3.05) is 55.8 Å². The zero-order valence-corrected chi connectivity index (χ0v) is 31.4. The summed E-state index contributed by atoms with van der Waals surface area (Å²) in [5, 5.41) is 24.2. The third-order valence-electron chi connectivity index (χ3n) is 10.5. The van der Waals surface area contributed by atoms with Crippen molar-refractivity contribution >= 4 is 34.6 Å². The zero-order chi connectivity index (χ0) is 37.0. The van der Waals surface area contributed by atoms with Gasteiger partial charge in [-0.25, -0.2) is 14.0 Å². The number of halogens is 2. The molecule has 53 heavy (non-hydrogen) atoms. The molecule has 2 aromatic carbocycles. The van der Waals surface area contributed by atoms with Crippen molar-refractivity contribution in [2.24, 2.45) is 5.41 Å². The minimum Gasteiger partial charge on any atom is -0.491 e. The summed E-state index contributed by atoms with van der Waals surface area (Å²) in [5.74, 6) is 0.582. The monoisotopic (exact) mass is 759 g/mol. The normalized spacial score (nSPS) is 22.0. The number of hydrogen-bond donors (Lipinski definition) is 0. The SMILES string of the molecule is CCC(CC)n1ncn(-c2ccc(N3CCN(c4ccc(OC[C@@H]5COC(Cn6nccn6)C6(CC=C(Cl)C=C6Cl)CO5)cc4C#N)CC3)cc2)c1=O. The van der Waals surface area contributed by atoms with Crippen molar-refractivity contribution in [1.29, 1.82) is 5.26 Å². The number of ether oxygens (including phenoxy) is 3. The molecule has 0 bridgehead atoms. The number of allylic oxidation sites excluding steroid dienone is 3. The Morgan fingerprint density at radius 2 is 1.70 bits per heavy atom. The Labute approximate surface area is 318 Å². The molecule has 0 radical (unpaired) electrons. The molecular weight excluding hydrogens is 717 g/mol. The van der Waals surface area contributed by atoms with E-state index in [0.717, 1.165) is 56.1 Å². The van der Waals surface area contributed by atoms with Crippen molar-refractivity contribution in [3.8, 4) is 17.5 Å². The van der Waals surface area contributed by atoms with Crippen LogP contribution >= 0.6 is 23.2 Å². The van der Waals surface area contributed by atoms with Crippen molar-refractivity contribution in [3.05, 3.63) is 99.4 Å². The van der Waals surface area contributed by atoms with E-state index >= 15 is 0 Å². The molecule has 2 aromatic heterocycles. The quantitative estimate of drug-likeness (QED) is 0.188. The zero-order valence-electron chi connectivity index (χ0n) is 29.9. The minimum atomic E-state index is -0.635. The average Bonchev–Trinajstić information content (AvgIpc) is 3.81. The van der Waals surface area contributed by atoms with Gasteiger partial charge in [0.25, 0.3) is 0 Å². The molecule has 1 spiro atoms. The van der Waals surface area contributed by atoms with E-state index in [4.69, 9.17) is 37.4 Å². The number of nitriles is 1. The van der Waals surface area contributed by atoms with Crippen LogP contribution in [0.1, 0.15) is 44.7 Å². The highest BCUT2D eigenvalue weighted by molar-refractivity contribution is 6.35. The first-order valence-electron chi connectivity index (χ1n) is 18.1. The lowest BCUT2D eigenvalue weighted by molar-refractivity contribution is -0.0263. The van der Waals surface area contributed by atoms with Crippen molar-refractivity contribution in [1.82, 2.24) is 29.3 Å². The van der Waals surface area contributed by atoms with Crippen molar-refractivity contribution in [2.45, 2.75) is 57.9 Å². The van der Waals surface area contributed by atoms with Gasteiger partial charge < -0.3 is 24.0 Å². The molecule has 4 heterocycles. The molecule has 2 saturated heterocycles. The maximum Gasteiger partial charge on any atom is 0.350 e. The molecular formula is C38H43Cl2N9O4. The number of aromatic nitrogens is 6. The molecule has 15 heteroatoms. The summed E-state index contributed by atoms with van der Waals surface area (Å²) in [5.41, 5.74) is 2.54. The van der Waals surface area contributed by atoms with Crippen LogP contribution in [-0.4, -0.2) is 87.5 Å². The van der Waals surface area contributed by atoms with Gasteiger partial charge in [-0.2, -0.15) is 25.4 Å². The lowest BCUT2D eigenvalue weighted by Crippen LogP contribution is -2.46. The number of anilines is 2. The van der Waals surface area contributed by atoms with E-state index < -0.39 is 5.41 Å². The second-order valence-electron chi connectivity index (χ2n) is 13.6. The third-order valence-corrected chi connectivity index (χ3v) is 11.2. The molecule has 2 unspecified atom stereocenters. The molecule has 2 fully saturated rings. The summed E-state index contributed by atoms with van der Waals surface area (Å²) >= 11 is 13.1. The molecule has 13 nitrogen and oxygen atoms in total. The number of piperazine rings is 1. The average molecular weight is 761 g/mol. The smallest absolute Gasteiger partial charge is 0.350 e. The molecule has 0 saturated carbocycles. The second-order valence-corrected chi connectivity index (χ2v) is 14.4. The first kappa shape index (κ1) is 36.7. The Kier molecular flexibility index (Phi) is 11.2. The standard InChI is InChI=1S/C38H43Cl2N9O4/c1-3-29(4-2)49-37(50)47(26-44-49)31-7-5-30(6-8-31)45-15-17-46(18-16-45)34-10-9-32(19-27(34)21-41)51-23-33-24-52-36(22-48-42-13-14-43-48)38(25-53-33)12-11-28(39)20-35(38)40/h5-11,13-14,19-20,26,29,33,36H,3-4,12,15-18,22-25H2,1-2H3/t33-,36?,38?/m1/s1. The van der Waals surface area contributed by atoms with E-state index in [0.29, 0.717) is 40.9 Å². The van der Waals surface area contributed by atoms with E-state index in [1.54, 1.807) is 44.9 Å². The van der Waals surface area contributed by atoms with Gasteiger partial charge in [0.1, 0.15) is 30.9 Å². The van der Waals surface area contributed by atoms with Gasteiger partial charge in [0.05, 0.1) is 66.7 Å². The van der Waals surface area contributed by atoms with Gasteiger partial charge in [-0.05, 0) is 67.8 Å². The molecule has 0 N–H and O–H groups in total. The fourth-order valence-corrected chi connectivity index (χ4v) is 7.89. The summed E-state index contributed by atoms with van der Waals surface area (Å²) < 4.78 is 22.1. The molecule has 3 aliphatic rings. The number of hydrogen-bond acceptors (Lipinski definition) is 10. The van der Waals surface area contributed by atoms with Gasteiger partial charge in [-0.3, -0.25) is 0 Å². The molecule has 278 valence electrons. The Hall–Kier alpha value is -4.61. The maximum absolute atomic E-state index is 13.0. The van der Waals surface area contributed by atoms with Crippen LogP contribution in [0.4, 0.5) is 11.4 Å². The van der Waals surface area contributed by atoms with Crippen molar-refractivity contribution < 1.29 is 14.2 Å². The topological polar surface area (TPSA) is 128 Å². The predicted molar refractivity (Wildman–Crippen MR) is 203 cm³/mol. The Balaban J connectivity index is 0.952. The Morgan fingerprint density at radius 1 is 0.981 bits per heavy atom. The largest absolute Gasteiger partial charge is 0.491 e. The Morgan fingerprint density at radius 3 is 2.40 bits per heavy atom. The molecule has 4 aromatic rings. The van der Waals surface area contributed by atoms with Crippen LogP contribution in [0.5, 0.6) is 5.75 Å². The number of rotatable bonds is 11. The van der Waals surface area contributed by atoms with Crippen LogP contribution in [0.15, 0.2) is 88.2 Å². The lowest BCUT2D eigenvalue weighted by atomic mass is 9.76. The van der Waals surface area contributed by atoms with Gasteiger partial charge in [-0.1, -0.05) is 43.1 Å². The molecule has 7 rings (SSSR count). The summed E-state index contributed by atoms with van der Waals surface area (Å²) in [6.45, 7) is 8.44. The van der Waals surface area contributed by atoms with E-state index in [1.807, 2.05) is 42.5 Å². The second kappa shape index (κ2) is 16.2. The van der Waals surface area contributed by atoms with Crippen LogP contribution < -0.4 is 20.2 Å². The van der Waals surface area contributed by atoms with Crippen LogP contribution in [0.3, 0.4) is 0 Å². The van der Waals surface area contributed by atoms with E-state index in [2.05, 4.69) is 45.0 Å². The van der Waals surface area contributed by atoms with Crippen LogP contribution in [0, 0.1) is 16.7 Å². The summed E-state index contributed by atoms with van der Waals surface area (Å²) in [4.78, 5) is 19.1. The highest BCUT2D eigenvalue weighted by atomic mass is 35.5. The molecule has 3 atom stereocenters. The van der Waals surface area contributed by atoms with Crippen molar-refractivity contribution in [3.63, 3.8) is 0 Å². The summed E-state index contributed by atoms with van der Waals surface area (Å²) in [7, 11) is 0. The third kappa shape index (κ3) is 7.73. The van der Waals surface area contributed by atoms with Gasteiger partial charge in [0.2, 0.25) is 0 Å². The van der Waals surface area contributed by atoms with Gasteiger partial charge >= 0.3 is 5.69 Å². The number of nitrogens with zero attached hydrogens (tertiary/aromatic N) is 9. The molecule has 2 aliphatic heterocycles. The summed E-state index contributed by atoms with van der Waals surface area (Å²) in [6, 6.07) is 16.1. The molecule has 1 aliphatic carbocycles. The van der Waals surface area contributed by atoms with E-state index in [-0.39, 0.29) is 37.2 Å². The maximum atomic E-state index is 13.0. The first-order chi connectivity index (χ1) is 25.8. The highest BCUT2D eigenvalue weighted by Crippen LogP contribution is 2.46. The number of benzene rings is 2. The van der Waals surface area contributed by atoms with Crippen LogP contribution in [0.2, 0.25) is 0 Å². The Bertz CT molecular complexity index is 2030. The van der Waals surface area contributed by atoms with Gasteiger partial charge in [0.15, 0.2) is 0 Å². The van der Waals surface area contributed by atoms with Crippen LogP contribution in [-0.2, 0) is 16.0 Å².